The Bertz CT molecular complexity index is 624. The van der Waals surface area contributed by atoms with E-state index in [1.165, 1.54) is 43.5 Å². The molecule has 1 N–H and O–H groups in total. The molecule has 1 aromatic rings. The Kier molecular flexibility index (Phi) is 7.25. The van der Waals surface area contributed by atoms with Crippen molar-refractivity contribution < 1.29 is 4.74 Å². The van der Waals surface area contributed by atoms with Crippen LogP contribution in [-0.2, 0) is 11.3 Å². The molecule has 27 heavy (non-hydrogen) atoms. The van der Waals surface area contributed by atoms with Crippen molar-refractivity contribution in [3.63, 3.8) is 0 Å². The lowest BCUT2D eigenvalue weighted by Crippen LogP contribution is -2.42. The van der Waals surface area contributed by atoms with Crippen molar-refractivity contribution in [2.24, 2.45) is 10.4 Å². The van der Waals surface area contributed by atoms with Crippen LogP contribution in [0.2, 0.25) is 0 Å². The quantitative estimate of drug-likeness (QED) is 0.404. The number of morpholine rings is 1. The number of benzene rings is 1. The highest BCUT2D eigenvalue weighted by Crippen LogP contribution is 2.47. The maximum atomic E-state index is 5.44. The summed E-state index contributed by atoms with van der Waals surface area (Å²) in [5.41, 5.74) is 3.17. The molecule has 0 atom stereocenters. The lowest BCUT2D eigenvalue weighted by atomic mass is 9.68. The van der Waals surface area contributed by atoms with E-state index in [9.17, 15) is 0 Å². The zero-order valence-corrected chi connectivity index (χ0v) is 18.8. The van der Waals surface area contributed by atoms with E-state index in [-0.39, 0.29) is 24.0 Å². The molecule has 150 valence electrons. The van der Waals surface area contributed by atoms with Crippen LogP contribution in [0.5, 0.6) is 0 Å². The molecule has 4 rings (SSSR count). The summed E-state index contributed by atoms with van der Waals surface area (Å²) in [5.74, 6) is 1.09. The standard InChI is InChI=1S/C21H32N4O.HI/c1-2-22-20(25-11-10-21(17-25)8-3-9-21)23-16-18-4-6-19(7-5-18)24-12-14-26-15-13-24;/h4-7H,2-3,8-17H2,1H3,(H,22,23);1H. The van der Waals surface area contributed by atoms with Gasteiger partial charge in [0, 0.05) is 38.4 Å². The summed E-state index contributed by atoms with van der Waals surface area (Å²) in [6.45, 7) is 9.80. The van der Waals surface area contributed by atoms with Gasteiger partial charge in [0.25, 0.3) is 0 Å². The van der Waals surface area contributed by atoms with Crippen molar-refractivity contribution in [3.8, 4) is 0 Å². The van der Waals surface area contributed by atoms with Crippen molar-refractivity contribution >= 4 is 35.6 Å². The van der Waals surface area contributed by atoms with Gasteiger partial charge in [0.1, 0.15) is 0 Å². The predicted molar refractivity (Wildman–Crippen MR) is 122 cm³/mol. The van der Waals surface area contributed by atoms with Crippen LogP contribution in [0.3, 0.4) is 0 Å². The first-order chi connectivity index (χ1) is 12.8. The summed E-state index contributed by atoms with van der Waals surface area (Å²) in [5, 5.41) is 3.50. The largest absolute Gasteiger partial charge is 0.378 e. The molecular formula is C21H33IN4O. The van der Waals surface area contributed by atoms with Crippen molar-refractivity contribution in [1.29, 1.82) is 0 Å². The number of hydrogen-bond donors (Lipinski definition) is 1. The molecule has 1 aliphatic carbocycles. The highest BCUT2D eigenvalue weighted by molar-refractivity contribution is 14.0. The lowest BCUT2D eigenvalue weighted by molar-refractivity contribution is 0.122. The van der Waals surface area contributed by atoms with E-state index in [1.54, 1.807) is 0 Å². The van der Waals surface area contributed by atoms with Crippen LogP contribution in [0, 0.1) is 5.41 Å². The zero-order chi connectivity index (χ0) is 17.8. The minimum Gasteiger partial charge on any atom is -0.378 e. The van der Waals surface area contributed by atoms with E-state index >= 15 is 0 Å². The average Bonchev–Trinajstić information content (AvgIpc) is 3.12. The lowest BCUT2D eigenvalue weighted by Gasteiger charge is -2.38. The summed E-state index contributed by atoms with van der Waals surface area (Å²) in [7, 11) is 0. The molecule has 1 aromatic carbocycles. The average molecular weight is 484 g/mol. The van der Waals surface area contributed by atoms with Crippen LogP contribution in [0.4, 0.5) is 5.69 Å². The van der Waals surface area contributed by atoms with Crippen LogP contribution in [0.1, 0.15) is 38.2 Å². The molecule has 6 heteroatoms. The van der Waals surface area contributed by atoms with Gasteiger partial charge in [-0.25, -0.2) is 4.99 Å². The predicted octanol–water partition coefficient (Wildman–Crippen LogP) is 3.48. The molecule has 0 amide bonds. The van der Waals surface area contributed by atoms with Crippen LogP contribution < -0.4 is 10.2 Å². The van der Waals surface area contributed by atoms with Crippen molar-refractivity contribution in [1.82, 2.24) is 10.2 Å². The molecule has 1 saturated carbocycles. The number of nitrogens with zero attached hydrogens (tertiary/aromatic N) is 3. The van der Waals surface area contributed by atoms with Gasteiger partial charge < -0.3 is 19.9 Å². The molecular weight excluding hydrogens is 451 g/mol. The molecule has 3 fully saturated rings. The Hall–Kier alpha value is -1.02. The molecule has 2 aliphatic heterocycles. The number of ether oxygens (including phenoxy) is 1. The van der Waals surface area contributed by atoms with Crippen molar-refractivity contribution in [3.05, 3.63) is 29.8 Å². The Morgan fingerprint density at radius 1 is 1.11 bits per heavy atom. The van der Waals surface area contributed by atoms with Crippen LogP contribution in [-0.4, -0.2) is 56.8 Å². The number of halogens is 1. The Morgan fingerprint density at radius 3 is 2.44 bits per heavy atom. The molecule has 0 radical (unpaired) electrons. The van der Waals surface area contributed by atoms with Gasteiger partial charge in [-0.3, -0.25) is 0 Å². The second kappa shape index (κ2) is 9.45. The molecule has 0 unspecified atom stereocenters. The van der Waals surface area contributed by atoms with Gasteiger partial charge in [-0.05, 0) is 49.3 Å². The highest BCUT2D eigenvalue weighted by atomic mass is 127. The molecule has 1 spiro atoms. The molecule has 5 nitrogen and oxygen atoms in total. The van der Waals surface area contributed by atoms with Gasteiger partial charge in [0.2, 0.25) is 0 Å². The second-order valence-corrected chi connectivity index (χ2v) is 7.96. The van der Waals surface area contributed by atoms with Crippen LogP contribution >= 0.6 is 24.0 Å². The topological polar surface area (TPSA) is 40.1 Å². The smallest absolute Gasteiger partial charge is 0.194 e. The number of hydrogen-bond acceptors (Lipinski definition) is 3. The van der Waals surface area contributed by atoms with Crippen LogP contribution in [0.25, 0.3) is 0 Å². The molecule has 3 aliphatic rings. The summed E-state index contributed by atoms with van der Waals surface area (Å²) in [6, 6.07) is 8.88. The fraction of sp³-hybridized carbons (Fsp3) is 0.667. The molecule has 0 aromatic heterocycles. The van der Waals surface area contributed by atoms with Gasteiger partial charge in [-0.15, -0.1) is 24.0 Å². The number of anilines is 1. The third-order valence-electron chi connectivity index (χ3n) is 6.21. The zero-order valence-electron chi connectivity index (χ0n) is 16.5. The minimum absolute atomic E-state index is 0. The van der Waals surface area contributed by atoms with Crippen molar-refractivity contribution in [2.45, 2.75) is 39.2 Å². The Morgan fingerprint density at radius 2 is 1.85 bits per heavy atom. The van der Waals surface area contributed by atoms with E-state index in [1.807, 2.05) is 0 Å². The Balaban J connectivity index is 0.00000210. The normalized spacial score (nSPS) is 21.7. The number of aliphatic imine (C=N–C) groups is 1. The number of rotatable bonds is 4. The maximum Gasteiger partial charge on any atom is 0.194 e. The third kappa shape index (κ3) is 4.88. The molecule has 2 saturated heterocycles. The fourth-order valence-electron chi connectivity index (χ4n) is 4.43. The summed E-state index contributed by atoms with van der Waals surface area (Å²) in [6.07, 6.45) is 5.57. The third-order valence-corrected chi connectivity index (χ3v) is 6.21. The van der Waals surface area contributed by atoms with E-state index in [0.29, 0.717) is 5.41 Å². The van der Waals surface area contributed by atoms with E-state index in [2.05, 4.69) is 46.3 Å². The fourth-order valence-corrected chi connectivity index (χ4v) is 4.43. The number of nitrogens with one attached hydrogen (secondary N) is 1. The monoisotopic (exact) mass is 484 g/mol. The summed E-state index contributed by atoms with van der Waals surface area (Å²) < 4.78 is 5.44. The Labute approximate surface area is 180 Å². The van der Waals surface area contributed by atoms with Gasteiger partial charge in [-0.2, -0.15) is 0 Å². The summed E-state index contributed by atoms with van der Waals surface area (Å²) >= 11 is 0. The van der Waals surface area contributed by atoms with E-state index in [4.69, 9.17) is 9.73 Å². The molecule has 0 bridgehead atoms. The minimum atomic E-state index is 0. The highest BCUT2D eigenvalue weighted by Gasteiger charge is 2.43. The first kappa shape index (κ1) is 20.7. The maximum absolute atomic E-state index is 5.44. The SMILES string of the molecule is CCNC(=NCc1ccc(N2CCOCC2)cc1)N1CCC2(CCC2)C1.I. The number of likely N-dealkylation sites (tertiary alicyclic amines) is 1. The second-order valence-electron chi connectivity index (χ2n) is 7.96. The number of guanidine groups is 1. The van der Waals surface area contributed by atoms with Gasteiger partial charge in [0.05, 0.1) is 19.8 Å². The van der Waals surface area contributed by atoms with E-state index in [0.717, 1.165) is 51.9 Å². The first-order valence-corrected chi connectivity index (χ1v) is 10.2. The van der Waals surface area contributed by atoms with Gasteiger partial charge in [0.15, 0.2) is 5.96 Å². The van der Waals surface area contributed by atoms with Crippen molar-refractivity contribution in [2.75, 3.05) is 50.8 Å². The molecule has 2 heterocycles. The first-order valence-electron chi connectivity index (χ1n) is 10.2. The van der Waals surface area contributed by atoms with Gasteiger partial charge in [-0.1, -0.05) is 18.6 Å². The summed E-state index contributed by atoms with van der Waals surface area (Å²) in [4.78, 5) is 9.80. The van der Waals surface area contributed by atoms with E-state index < -0.39 is 0 Å². The van der Waals surface area contributed by atoms with Gasteiger partial charge >= 0.3 is 0 Å². The van der Waals surface area contributed by atoms with Crippen LogP contribution in [0.15, 0.2) is 29.3 Å².